The van der Waals surface area contributed by atoms with Crippen molar-refractivity contribution in [1.82, 2.24) is 4.98 Å². The van der Waals surface area contributed by atoms with Crippen molar-refractivity contribution in [3.05, 3.63) is 54.9 Å². The second-order valence-electron chi connectivity index (χ2n) is 3.05. The molecule has 0 amide bonds. The van der Waals surface area contributed by atoms with E-state index in [-0.39, 0.29) is 0 Å². The fraction of sp³-hybridized carbons (Fsp3) is 0. The summed E-state index contributed by atoms with van der Waals surface area (Å²) in [5, 5.41) is 0. The zero-order valence-electron chi connectivity index (χ0n) is 7.96. The molecule has 0 saturated carbocycles. The van der Waals surface area contributed by atoms with Crippen LogP contribution in [-0.2, 0) is 9.73 Å². The summed E-state index contributed by atoms with van der Waals surface area (Å²) in [5.41, 5.74) is 0. The van der Waals surface area contributed by atoms with Gasteiger partial charge in [0.15, 0.2) is 0 Å². The highest BCUT2D eigenvalue weighted by atomic mass is 32.2. The third-order valence-corrected chi connectivity index (χ3v) is 3.93. The Bertz CT molecular complexity index is 490. The fourth-order valence-corrected chi connectivity index (χ4v) is 2.60. The molecular formula is C11H10N2OS. The van der Waals surface area contributed by atoms with Gasteiger partial charge in [-0.05, 0) is 24.3 Å². The average molecular weight is 218 g/mol. The van der Waals surface area contributed by atoms with E-state index in [2.05, 4.69) is 4.98 Å². The predicted octanol–water partition coefficient (Wildman–Crippen LogP) is 2.55. The van der Waals surface area contributed by atoms with Crippen LogP contribution in [0.25, 0.3) is 0 Å². The SMILES string of the molecule is N=S(=O)(c1ccccc1)c1ccncc1. The molecule has 3 nitrogen and oxygen atoms in total. The first-order chi connectivity index (χ1) is 7.21. The molecule has 76 valence electrons. The van der Waals surface area contributed by atoms with Crippen LogP contribution in [0.2, 0.25) is 0 Å². The van der Waals surface area contributed by atoms with Crippen LogP contribution in [-0.4, -0.2) is 9.19 Å². The first kappa shape index (κ1) is 9.86. The van der Waals surface area contributed by atoms with Crippen molar-refractivity contribution in [2.24, 2.45) is 0 Å². The molecule has 0 saturated heterocycles. The highest BCUT2D eigenvalue weighted by molar-refractivity contribution is 7.92. The van der Waals surface area contributed by atoms with Crippen LogP contribution in [0.3, 0.4) is 0 Å². The predicted molar refractivity (Wildman–Crippen MR) is 58.1 cm³/mol. The van der Waals surface area contributed by atoms with Gasteiger partial charge < -0.3 is 0 Å². The Morgan fingerprint density at radius 3 is 2.07 bits per heavy atom. The van der Waals surface area contributed by atoms with Crippen LogP contribution in [0.1, 0.15) is 0 Å². The maximum absolute atomic E-state index is 12.2. The lowest BCUT2D eigenvalue weighted by Crippen LogP contribution is -1.99. The quantitative estimate of drug-likeness (QED) is 0.842. The molecule has 15 heavy (non-hydrogen) atoms. The molecule has 1 heterocycles. The molecule has 0 aliphatic rings. The summed E-state index contributed by atoms with van der Waals surface area (Å²) in [6, 6.07) is 12.0. The average Bonchev–Trinajstić information content (AvgIpc) is 2.31. The van der Waals surface area contributed by atoms with Gasteiger partial charge in [0, 0.05) is 12.4 Å². The van der Waals surface area contributed by atoms with Gasteiger partial charge in [-0.15, -0.1) is 0 Å². The zero-order chi connectivity index (χ0) is 10.7. The molecular weight excluding hydrogens is 208 g/mol. The molecule has 0 radical (unpaired) electrons. The van der Waals surface area contributed by atoms with Crippen molar-refractivity contribution < 1.29 is 4.21 Å². The zero-order valence-corrected chi connectivity index (χ0v) is 8.78. The van der Waals surface area contributed by atoms with Crippen LogP contribution in [0, 0.1) is 4.78 Å². The molecule has 1 aromatic heterocycles. The van der Waals surface area contributed by atoms with Gasteiger partial charge >= 0.3 is 0 Å². The molecule has 0 aliphatic carbocycles. The molecule has 0 bridgehead atoms. The minimum Gasteiger partial charge on any atom is -0.265 e. The molecule has 1 N–H and O–H groups in total. The van der Waals surface area contributed by atoms with E-state index in [0.717, 1.165) is 0 Å². The third kappa shape index (κ3) is 1.89. The molecule has 2 aromatic rings. The minimum atomic E-state index is -2.88. The monoisotopic (exact) mass is 218 g/mol. The summed E-state index contributed by atoms with van der Waals surface area (Å²) in [5.74, 6) is 0. The molecule has 1 atom stereocenters. The van der Waals surface area contributed by atoms with E-state index in [1.165, 1.54) is 0 Å². The van der Waals surface area contributed by atoms with E-state index in [4.69, 9.17) is 4.78 Å². The molecule has 1 aromatic carbocycles. The highest BCUT2D eigenvalue weighted by Gasteiger charge is 2.11. The van der Waals surface area contributed by atoms with Crippen LogP contribution in [0.5, 0.6) is 0 Å². The summed E-state index contributed by atoms with van der Waals surface area (Å²) in [6.07, 6.45) is 3.10. The normalized spacial score (nSPS) is 14.4. The second-order valence-corrected chi connectivity index (χ2v) is 5.11. The number of benzene rings is 1. The van der Waals surface area contributed by atoms with E-state index in [0.29, 0.717) is 9.79 Å². The first-order valence-corrected chi connectivity index (χ1v) is 6.01. The van der Waals surface area contributed by atoms with Crippen LogP contribution in [0.15, 0.2) is 64.6 Å². The largest absolute Gasteiger partial charge is 0.265 e. The number of aromatic nitrogens is 1. The lowest BCUT2D eigenvalue weighted by molar-refractivity contribution is 0.674. The number of pyridine rings is 1. The first-order valence-electron chi connectivity index (χ1n) is 4.45. The van der Waals surface area contributed by atoms with Crippen molar-refractivity contribution in [3.8, 4) is 0 Å². The number of nitrogens with one attached hydrogen (secondary N) is 1. The van der Waals surface area contributed by atoms with Gasteiger partial charge in [-0.25, -0.2) is 8.99 Å². The summed E-state index contributed by atoms with van der Waals surface area (Å²) in [7, 11) is -2.88. The van der Waals surface area contributed by atoms with Gasteiger partial charge in [-0.2, -0.15) is 0 Å². The summed E-state index contributed by atoms with van der Waals surface area (Å²) >= 11 is 0. The van der Waals surface area contributed by atoms with Gasteiger partial charge in [0.05, 0.1) is 9.79 Å². The van der Waals surface area contributed by atoms with Crippen molar-refractivity contribution in [3.63, 3.8) is 0 Å². The number of hydrogen-bond donors (Lipinski definition) is 1. The van der Waals surface area contributed by atoms with E-state index >= 15 is 0 Å². The van der Waals surface area contributed by atoms with E-state index in [1.807, 2.05) is 6.07 Å². The fourth-order valence-electron chi connectivity index (χ4n) is 1.28. The van der Waals surface area contributed by atoms with Crippen LogP contribution in [0.4, 0.5) is 0 Å². The van der Waals surface area contributed by atoms with Gasteiger partial charge in [0.25, 0.3) is 0 Å². The summed E-state index contributed by atoms with van der Waals surface area (Å²) in [4.78, 5) is 4.86. The van der Waals surface area contributed by atoms with E-state index in [9.17, 15) is 4.21 Å². The molecule has 2 rings (SSSR count). The maximum Gasteiger partial charge on any atom is 0.101 e. The standard InChI is InChI=1S/C11H10N2OS/c12-15(14,10-4-2-1-3-5-10)11-6-8-13-9-7-11/h1-9,12H. The van der Waals surface area contributed by atoms with Crippen LogP contribution >= 0.6 is 0 Å². The minimum absolute atomic E-state index is 0.490. The Balaban J connectivity index is 2.55. The third-order valence-electron chi connectivity index (χ3n) is 2.06. The lowest BCUT2D eigenvalue weighted by atomic mass is 10.4. The topological polar surface area (TPSA) is 53.8 Å². The Hall–Kier alpha value is -1.68. The molecule has 1 unspecified atom stereocenters. The summed E-state index contributed by atoms with van der Waals surface area (Å²) in [6.45, 7) is 0. The van der Waals surface area contributed by atoms with Gasteiger partial charge in [-0.1, -0.05) is 18.2 Å². The Morgan fingerprint density at radius 2 is 1.47 bits per heavy atom. The molecule has 0 spiro atoms. The number of hydrogen-bond acceptors (Lipinski definition) is 3. The Labute approximate surface area is 88.8 Å². The number of nitrogens with zero attached hydrogens (tertiary/aromatic N) is 1. The van der Waals surface area contributed by atoms with Crippen LogP contribution < -0.4 is 0 Å². The maximum atomic E-state index is 12.2. The van der Waals surface area contributed by atoms with Crippen molar-refractivity contribution >= 4 is 9.73 Å². The van der Waals surface area contributed by atoms with E-state index in [1.54, 1.807) is 48.8 Å². The van der Waals surface area contributed by atoms with Crippen molar-refractivity contribution in [2.75, 3.05) is 0 Å². The number of rotatable bonds is 2. The van der Waals surface area contributed by atoms with Gasteiger partial charge in [0.1, 0.15) is 9.73 Å². The highest BCUT2D eigenvalue weighted by Crippen LogP contribution is 2.19. The molecule has 0 aliphatic heterocycles. The van der Waals surface area contributed by atoms with E-state index < -0.39 is 9.73 Å². The second kappa shape index (κ2) is 3.82. The van der Waals surface area contributed by atoms with Crippen molar-refractivity contribution in [1.29, 1.82) is 4.78 Å². The summed E-state index contributed by atoms with van der Waals surface area (Å²) < 4.78 is 20.1. The smallest absolute Gasteiger partial charge is 0.101 e. The van der Waals surface area contributed by atoms with Gasteiger partial charge in [0.2, 0.25) is 0 Å². The lowest BCUT2D eigenvalue weighted by Gasteiger charge is -2.06. The Kier molecular flexibility index (Phi) is 2.51. The Morgan fingerprint density at radius 1 is 0.933 bits per heavy atom. The van der Waals surface area contributed by atoms with Crippen molar-refractivity contribution in [2.45, 2.75) is 9.79 Å². The molecule has 0 fully saturated rings. The molecule has 4 heteroatoms. The van der Waals surface area contributed by atoms with Gasteiger partial charge in [-0.3, -0.25) is 4.98 Å².